The molecule has 2 N–H and O–H groups in total. The van der Waals surface area contributed by atoms with Crippen LogP contribution in [0.4, 0.5) is 0 Å². The van der Waals surface area contributed by atoms with Crippen molar-refractivity contribution in [3.63, 3.8) is 0 Å². The summed E-state index contributed by atoms with van der Waals surface area (Å²) in [4.78, 5) is 2.46. The highest BCUT2D eigenvalue weighted by atomic mass is 16.3. The van der Waals surface area contributed by atoms with Crippen molar-refractivity contribution in [3.8, 4) is 0 Å². The average Bonchev–Trinajstić information content (AvgIpc) is 2.05. The van der Waals surface area contributed by atoms with E-state index in [1.807, 2.05) is 13.8 Å². The molecule has 1 aliphatic heterocycles. The van der Waals surface area contributed by atoms with Gasteiger partial charge in [0.25, 0.3) is 0 Å². The lowest BCUT2D eigenvalue weighted by Gasteiger charge is -2.38. The van der Waals surface area contributed by atoms with Crippen LogP contribution in [0.1, 0.15) is 34.1 Å². The van der Waals surface area contributed by atoms with Gasteiger partial charge in [0, 0.05) is 31.7 Å². The fourth-order valence-electron chi connectivity index (χ4n) is 1.83. The van der Waals surface area contributed by atoms with Gasteiger partial charge in [0.2, 0.25) is 0 Å². The molecule has 0 radical (unpaired) electrons. The molecule has 1 fully saturated rings. The Labute approximate surface area is 87.5 Å². The summed E-state index contributed by atoms with van der Waals surface area (Å²) in [6.45, 7) is 11.4. The third kappa shape index (κ3) is 3.95. The highest BCUT2D eigenvalue weighted by Gasteiger charge is 2.23. The van der Waals surface area contributed by atoms with Crippen LogP contribution in [0, 0.1) is 0 Å². The van der Waals surface area contributed by atoms with E-state index in [0.717, 1.165) is 26.1 Å². The minimum Gasteiger partial charge on any atom is -0.390 e. The number of rotatable bonds is 3. The molecule has 0 aromatic rings. The van der Waals surface area contributed by atoms with Gasteiger partial charge in [-0.2, -0.15) is 0 Å². The normalized spacial score (nSPS) is 30.6. The van der Waals surface area contributed by atoms with Crippen LogP contribution in [0.15, 0.2) is 0 Å². The fraction of sp³-hybridized carbons (Fsp3) is 1.00. The zero-order chi connectivity index (χ0) is 10.8. The van der Waals surface area contributed by atoms with Crippen molar-refractivity contribution in [3.05, 3.63) is 0 Å². The van der Waals surface area contributed by atoms with Gasteiger partial charge < -0.3 is 10.4 Å². The first-order valence-electron chi connectivity index (χ1n) is 5.58. The summed E-state index contributed by atoms with van der Waals surface area (Å²) in [6.07, 6.45) is 0.851. The maximum Gasteiger partial charge on any atom is 0.0603 e. The number of nitrogens with zero attached hydrogens (tertiary/aromatic N) is 1. The topological polar surface area (TPSA) is 35.5 Å². The average molecular weight is 200 g/mol. The molecule has 0 aromatic heterocycles. The number of aliphatic hydroxyl groups is 1. The zero-order valence-corrected chi connectivity index (χ0v) is 9.88. The van der Waals surface area contributed by atoms with Crippen molar-refractivity contribution in [1.29, 1.82) is 0 Å². The molecule has 1 heterocycles. The Morgan fingerprint density at radius 1 is 1.43 bits per heavy atom. The summed E-state index contributed by atoms with van der Waals surface area (Å²) in [5, 5.41) is 13.1. The Balaban J connectivity index is 2.35. The summed E-state index contributed by atoms with van der Waals surface area (Å²) in [5.41, 5.74) is -0.534. The molecule has 0 aliphatic carbocycles. The first kappa shape index (κ1) is 12.0. The third-order valence-electron chi connectivity index (χ3n) is 2.90. The van der Waals surface area contributed by atoms with Crippen molar-refractivity contribution < 1.29 is 5.11 Å². The van der Waals surface area contributed by atoms with E-state index < -0.39 is 5.60 Å². The second kappa shape index (κ2) is 4.60. The summed E-state index contributed by atoms with van der Waals surface area (Å²) in [7, 11) is 0. The molecule has 3 nitrogen and oxygen atoms in total. The van der Waals surface area contributed by atoms with E-state index in [2.05, 4.69) is 24.1 Å². The summed E-state index contributed by atoms with van der Waals surface area (Å²) >= 11 is 0. The van der Waals surface area contributed by atoms with E-state index >= 15 is 0 Å². The van der Waals surface area contributed by atoms with Crippen LogP contribution in [0.2, 0.25) is 0 Å². The molecule has 2 atom stereocenters. The quantitative estimate of drug-likeness (QED) is 0.708. The minimum absolute atomic E-state index is 0.534. The largest absolute Gasteiger partial charge is 0.390 e. The van der Waals surface area contributed by atoms with Gasteiger partial charge in [-0.1, -0.05) is 0 Å². The lowest BCUT2D eigenvalue weighted by atomic mass is 10.0. The van der Waals surface area contributed by atoms with Crippen molar-refractivity contribution in [1.82, 2.24) is 10.2 Å². The van der Waals surface area contributed by atoms with Gasteiger partial charge in [0.1, 0.15) is 0 Å². The molecule has 0 amide bonds. The van der Waals surface area contributed by atoms with Gasteiger partial charge in [-0.05, 0) is 34.1 Å². The third-order valence-corrected chi connectivity index (χ3v) is 2.90. The maximum absolute atomic E-state index is 9.66. The molecule has 14 heavy (non-hydrogen) atoms. The molecule has 0 aromatic carbocycles. The number of nitrogens with one attached hydrogen (secondary N) is 1. The maximum atomic E-state index is 9.66. The van der Waals surface area contributed by atoms with Crippen molar-refractivity contribution in [2.45, 2.75) is 51.8 Å². The number of piperazine rings is 1. The second-order valence-electron chi connectivity index (χ2n) is 5.22. The van der Waals surface area contributed by atoms with Gasteiger partial charge in [0.05, 0.1) is 5.60 Å². The van der Waals surface area contributed by atoms with E-state index in [4.69, 9.17) is 0 Å². The molecular formula is C11H24N2O. The zero-order valence-electron chi connectivity index (χ0n) is 9.88. The van der Waals surface area contributed by atoms with Crippen LogP contribution < -0.4 is 5.32 Å². The van der Waals surface area contributed by atoms with Gasteiger partial charge in [-0.15, -0.1) is 0 Å². The molecule has 1 aliphatic rings. The summed E-state index contributed by atoms with van der Waals surface area (Å²) in [5.74, 6) is 0. The molecule has 0 bridgehead atoms. The molecule has 1 saturated heterocycles. The molecule has 84 valence electrons. The molecule has 1 rings (SSSR count). The van der Waals surface area contributed by atoms with Gasteiger partial charge in [0.15, 0.2) is 0 Å². The highest BCUT2D eigenvalue weighted by molar-refractivity contribution is 4.82. The predicted octanol–water partition coefficient (Wildman–Crippen LogP) is 0.830. The standard InChI is InChI=1S/C11H24N2O/c1-9-8-13(10(2)7-12-9)6-5-11(3,4)14/h9-10,12,14H,5-8H2,1-4H3. The Bertz CT molecular complexity index is 177. The van der Waals surface area contributed by atoms with Crippen molar-refractivity contribution in [2.24, 2.45) is 0 Å². The molecular weight excluding hydrogens is 176 g/mol. The van der Waals surface area contributed by atoms with E-state index in [1.165, 1.54) is 0 Å². The fourth-order valence-corrected chi connectivity index (χ4v) is 1.83. The van der Waals surface area contributed by atoms with Crippen LogP contribution in [-0.2, 0) is 0 Å². The lowest BCUT2D eigenvalue weighted by Crippen LogP contribution is -2.54. The minimum atomic E-state index is -0.534. The molecule has 0 spiro atoms. The lowest BCUT2D eigenvalue weighted by molar-refractivity contribution is 0.0446. The summed E-state index contributed by atoms with van der Waals surface area (Å²) < 4.78 is 0. The van der Waals surface area contributed by atoms with Crippen LogP contribution in [0.3, 0.4) is 0 Å². The monoisotopic (exact) mass is 200 g/mol. The molecule has 2 unspecified atom stereocenters. The van der Waals surface area contributed by atoms with Crippen LogP contribution >= 0.6 is 0 Å². The van der Waals surface area contributed by atoms with Crippen LogP contribution in [0.25, 0.3) is 0 Å². The van der Waals surface area contributed by atoms with Crippen LogP contribution in [0.5, 0.6) is 0 Å². The van der Waals surface area contributed by atoms with Gasteiger partial charge in [-0.3, -0.25) is 4.90 Å². The Morgan fingerprint density at radius 2 is 2.07 bits per heavy atom. The predicted molar refractivity (Wildman–Crippen MR) is 59.4 cm³/mol. The Hall–Kier alpha value is -0.120. The Morgan fingerprint density at radius 3 is 2.64 bits per heavy atom. The Kier molecular flexibility index (Phi) is 3.93. The number of hydrogen-bond acceptors (Lipinski definition) is 3. The highest BCUT2D eigenvalue weighted by Crippen LogP contribution is 2.12. The number of hydrogen-bond donors (Lipinski definition) is 2. The van der Waals surface area contributed by atoms with Crippen molar-refractivity contribution >= 4 is 0 Å². The molecule has 0 saturated carbocycles. The van der Waals surface area contributed by atoms with E-state index in [9.17, 15) is 5.11 Å². The van der Waals surface area contributed by atoms with Gasteiger partial charge in [-0.25, -0.2) is 0 Å². The molecule has 3 heteroatoms. The van der Waals surface area contributed by atoms with E-state index in [0.29, 0.717) is 12.1 Å². The van der Waals surface area contributed by atoms with Crippen LogP contribution in [-0.4, -0.2) is 47.3 Å². The first-order valence-corrected chi connectivity index (χ1v) is 5.58. The SMILES string of the molecule is CC1CN(CCC(C)(C)O)C(C)CN1. The smallest absolute Gasteiger partial charge is 0.0603 e. The first-order chi connectivity index (χ1) is 6.38. The van der Waals surface area contributed by atoms with Gasteiger partial charge >= 0.3 is 0 Å². The van der Waals surface area contributed by atoms with E-state index in [1.54, 1.807) is 0 Å². The van der Waals surface area contributed by atoms with Crippen molar-refractivity contribution in [2.75, 3.05) is 19.6 Å². The summed E-state index contributed by atoms with van der Waals surface area (Å²) in [6, 6.07) is 1.17. The second-order valence-corrected chi connectivity index (χ2v) is 5.22. The van der Waals surface area contributed by atoms with E-state index in [-0.39, 0.29) is 0 Å².